The molecule has 0 aromatic heterocycles. The molecule has 0 saturated heterocycles. The van der Waals surface area contributed by atoms with Gasteiger partial charge in [0.05, 0.1) is 32.8 Å². The average molecular weight is 648 g/mol. The second-order valence-corrected chi connectivity index (χ2v) is 14.8. The van der Waals surface area contributed by atoms with E-state index in [-0.39, 0.29) is 45.8 Å². The second-order valence-electron chi connectivity index (χ2n) is 14.8. The van der Waals surface area contributed by atoms with Crippen molar-refractivity contribution < 1.29 is 53.1 Å². The molecule has 0 fully saturated rings. The maximum Gasteiger partial charge on any atom is 0.323 e. The molecule has 0 radical (unpaired) electrons. The molecule has 0 bridgehead atoms. The van der Waals surface area contributed by atoms with E-state index in [1.807, 2.05) is 0 Å². The molecule has 2 N–H and O–H groups in total. The van der Waals surface area contributed by atoms with Gasteiger partial charge in [0.25, 0.3) is 0 Å². The summed E-state index contributed by atoms with van der Waals surface area (Å²) in [5.41, 5.74) is -3.07. The van der Waals surface area contributed by atoms with Crippen LogP contribution in [0.1, 0.15) is 83.1 Å². The van der Waals surface area contributed by atoms with Gasteiger partial charge in [-0.25, -0.2) is 0 Å². The highest BCUT2D eigenvalue weighted by Crippen LogP contribution is 2.12. The summed E-state index contributed by atoms with van der Waals surface area (Å²) in [5, 5.41) is 19.5. The van der Waals surface area contributed by atoms with E-state index in [0.29, 0.717) is 0 Å². The number of hydrogen-bond donors (Lipinski definition) is 2. The zero-order chi connectivity index (χ0) is 35.4. The van der Waals surface area contributed by atoms with Crippen LogP contribution in [0, 0.1) is 0 Å². The second kappa shape index (κ2) is 17.8. The molecule has 262 valence electrons. The summed E-state index contributed by atoms with van der Waals surface area (Å²) in [6.45, 7) is 19.0. The Balaban J connectivity index is 6.08. The molecule has 14 heteroatoms. The molecule has 45 heavy (non-hydrogen) atoms. The fourth-order valence-electron chi connectivity index (χ4n) is 3.94. The Morgan fingerprint density at radius 1 is 0.511 bits per heavy atom. The van der Waals surface area contributed by atoms with Crippen molar-refractivity contribution in [1.29, 1.82) is 0 Å². The van der Waals surface area contributed by atoms with Crippen molar-refractivity contribution in [3.8, 4) is 0 Å². The van der Waals surface area contributed by atoms with E-state index in [4.69, 9.17) is 18.9 Å². The van der Waals surface area contributed by atoms with Gasteiger partial charge < -0.3 is 29.2 Å². The van der Waals surface area contributed by atoms with Crippen molar-refractivity contribution in [2.45, 2.75) is 112 Å². The van der Waals surface area contributed by atoms with E-state index in [0.717, 1.165) is 0 Å². The first-order valence-electron chi connectivity index (χ1n) is 15.1. The lowest BCUT2D eigenvalue weighted by molar-refractivity contribution is -0.161. The SMILES string of the molecule is CC(C)(C)OC(=O)CN(CCN(CC(=O)OC(C)(C)C)CC(=O)OC(C)(C)C)CCN(CC(=O)OC(C)(C)C)C(CO)C(=O)O. The molecule has 0 aliphatic heterocycles. The number of carboxylic acid groups (broad SMARTS) is 1. The number of ether oxygens (including phenoxy) is 4. The third-order valence-electron chi connectivity index (χ3n) is 5.41. The lowest BCUT2D eigenvalue weighted by Gasteiger charge is -2.32. The van der Waals surface area contributed by atoms with Crippen molar-refractivity contribution in [1.82, 2.24) is 14.7 Å². The van der Waals surface area contributed by atoms with Crippen molar-refractivity contribution in [2.75, 3.05) is 59.0 Å². The summed E-state index contributed by atoms with van der Waals surface area (Å²) in [6, 6.07) is -1.41. The molecule has 0 aromatic rings. The quantitative estimate of drug-likeness (QED) is 0.173. The molecular weight excluding hydrogens is 590 g/mol. The highest BCUT2D eigenvalue weighted by molar-refractivity contribution is 5.77. The predicted molar refractivity (Wildman–Crippen MR) is 166 cm³/mol. The summed E-state index contributed by atoms with van der Waals surface area (Å²) in [6.07, 6.45) is 0. The number of hydrogen-bond acceptors (Lipinski definition) is 13. The van der Waals surface area contributed by atoms with Crippen LogP contribution in [0.4, 0.5) is 0 Å². The predicted octanol–water partition coefficient (Wildman–Crippen LogP) is 1.70. The number of carbonyl (C=O) groups excluding carboxylic acids is 4. The van der Waals surface area contributed by atoms with E-state index in [9.17, 15) is 34.2 Å². The summed E-state index contributed by atoms with van der Waals surface area (Å²) in [7, 11) is 0. The van der Waals surface area contributed by atoms with E-state index in [2.05, 4.69) is 0 Å². The minimum atomic E-state index is -1.41. The molecule has 1 unspecified atom stereocenters. The van der Waals surface area contributed by atoms with Gasteiger partial charge in [0.2, 0.25) is 0 Å². The third kappa shape index (κ3) is 22.4. The maximum atomic E-state index is 12.8. The van der Waals surface area contributed by atoms with Crippen molar-refractivity contribution in [3.63, 3.8) is 0 Å². The van der Waals surface area contributed by atoms with Gasteiger partial charge in [0, 0.05) is 26.2 Å². The number of aliphatic hydroxyl groups excluding tert-OH is 1. The van der Waals surface area contributed by atoms with E-state index >= 15 is 0 Å². The largest absolute Gasteiger partial charge is 0.480 e. The normalized spacial score (nSPS) is 13.5. The first-order chi connectivity index (χ1) is 20.2. The van der Waals surface area contributed by atoms with Gasteiger partial charge in [-0.1, -0.05) is 0 Å². The van der Waals surface area contributed by atoms with E-state index < -0.39 is 71.4 Å². The summed E-state index contributed by atoms with van der Waals surface area (Å²) >= 11 is 0. The number of rotatable bonds is 17. The van der Waals surface area contributed by atoms with Crippen LogP contribution in [0.15, 0.2) is 0 Å². The first-order valence-corrected chi connectivity index (χ1v) is 15.1. The fraction of sp³-hybridized carbons (Fsp3) is 0.839. The molecule has 14 nitrogen and oxygen atoms in total. The Kier molecular flexibility index (Phi) is 16.7. The summed E-state index contributed by atoms with van der Waals surface area (Å²) < 4.78 is 21.7. The zero-order valence-electron chi connectivity index (χ0n) is 29.4. The highest BCUT2D eigenvalue weighted by atomic mass is 16.6. The molecule has 0 spiro atoms. The standard InChI is InChI=1S/C31H57N3O11/c1-28(2,3)42-23(36)17-32(15-16-34(22(21-35)27(40)41)20-26(39)45-31(10,11)12)13-14-33(18-24(37)43-29(4,5)6)19-25(38)44-30(7,8)9/h22,35H,13-21H2,1-12H3,(H,40,41). The van der Waals surface area contributed by atoms with Crippen LogP contribution in [0.25, 0.3) is 0 Å². The summed E-state index contributed by atoms with van der Waals surface area (Å²) in [4.78, 5) is 67.1. The number of esters is 4. The zero-order valence-corrected chi connectivity index (χ0v) is 29.4. The van der Waals surface area contributed by atoms with Crippen LogP contribution in [0.2, 0.25) is 0 Å². The first kappa shape index (κ1) is 42.2. The van der Waals surface area contributed by atoms with Gasteiger partial charge in [-0.3, -0.25) is 38.7 Å². The van der Waals surface area contributed by atoms with Gasteiger partial charge in [-0.2, -0.15) is 0 Å². The minimum absolute atomic E-state index is 0.0439. The van der Waals surface area contributed by atoms with Gasteiger partial charge in [-0.15, -0.1) is 0 Å². The molecule has 1 atom stereocenters. The Bertz CT molecular complexity index is 959. The van der Waals surface area contributed by atoms with Crippen LogP contribution in [-0.2, 0) is 42.9 Å². The van der Waals surface area contributed by atoms with Crippen LogP contribution >= 0.6 is 0 Å². The lowest BCUT2D eigenvalue weighted by atomic mass is 10.2. The summed E-state index contributed by atoms with van der Waals surface area (Å²) in [5.74, 6) is -3.67. The monoisotopic (exact) mass is 647 g/mol. The Hall–Kier alpha value is -2.81. The number of carbonyl (C=O) groups is 5. The number of aliphatic carboxylic acids is 1. The Morgan fingerprint density at radius 3 is 1.11 bits per heavy atom. The van der Waals surface area contributed by atoms with Gasteiger partial charge >= 0.3 is 29.8 Å². The van der Waals surface area contributed by atoms with Crippen molar-refractivity contribution in [2.24, 2.45) is 0 Å². The highest BCUT2D eigenvalue weighted by Gasteiger charge is 2.30. The van der Waals surface area contributed by atoms with Gasteiger partial charge in [0.1, 0.15) is 28.4 Å². The van der Waals surface area contributed by atoms with Crippen LogP contribution in [0.3, 0.4) is 0 Å². The Morgan fingerprint density at radius 2 is 0.800 bits per heavy atom. The van der Waals surface area contributed by atoms with Crippen molar-refractivity contribution in [3.05, 3.63) is 0 Å². The number of carboxylic acids is 1. The van der Waals surface area contributed by atoms with Gasteiger partial charge in [0.15, 0.2) is 0 Å². The molecule has 0 heterocycles. The third-order valence-corrected chi connectivity index (χ3v) is 5.41. The Labute approximate surface area is 268 Å². The smallest absolute Gasteiger partial charge is 0.323 e. The van der Waals surface area contributed by atoms with Crippen LogP contribution < -0.4 is 0 Å². The maximum absolute atomic E-state index is 12.8. The number of nitrogens with zero attached hydrogens (tertiary/aromatic N) is 3. The minimum Gasteiger partial charge on any atom is -0.480 e. The van der Waals surface area contributed by atoms with E-state index in [1.54, 1.807) is 88.0 Å². The fourth-order valence-corrected chi connectivity index (χ4v) is 3.94. The molecular formula is C31H57N3O11. The van der Waals surface area contributed by atoms with Crippen LogP contribution in [0.5, 0.6) is 0 Å². The molecule has 0 aliphatic carbocycles. The molecule has 0 rings (SSSR count). The number of aliphatic hydroxyl groups is 1. The van der Waals surface area contributed by atoms with E-state index in [1.165, 1.54) is 9.80 Å². The molecule has 0 aliphatic rings. The molecule has 0 aromatic carbocycles. The molecule has 0 saturated carbocycles. The van der Waals surface area contributed by atoms with Crippen LogP contribution in [-0.4, -0.2) is 142 Å². The van der Waals surface area contributed by atoms with Crippen molar-refractivity contribution >= 4 is 29.8 Å². The molecule has 0 amide bonds. The van der Waals surface area contributed by atoms with Gasteiger partial charge in [-0.05, 0) is 83.1 Å². The average Bonchev–Trinajstić information content (AvgIpc) is 2.75. The lowest BCUT2D eigenvalue weighted by Crippen LogP contribution is -2.51. The topological polar surface area (TPSA) is 172 Å².